The number of hydrogen-bond acceptors (Lipinski definition) is 4. The maximum Gasteiger partial charge on any atom is 0.273 e. The second-order valence-corrected chi connectivity index (χ2v) is 4.87. The molecule has 0 radical (unpaired) electrons. The van der Waals surface area contributed by atoms with E-state index in [-0.39, 0.29) is 28.0 Å². The molecule has 0 fully saturated rings. The summed E-state index contributed by atoms with van der Waals surface area (Å²) in [5.41, 5.74) is 5.59. The van der Waals surface area contributed by atoms with Crippen molar-refractivity contribution >= 4 is 34.7 Å². The van der Waals surface area contributed by atoms with Gasteiger partial charge in [-0.3, -0.25) is 15.5 Å². The number of benzene rings is 2. The molecule has 2 rings (SSSR count). The number of halogens is 2. The van der Waals surface area contributed by atoms with E-state index in [0.29, 0.717) is 10.6 Å². The van der Waals surface area contributed by atoms with Crippen molar-refractivity contribution in [3.63, 3.8) is 0 Å². The van der Waals surface area contributed by atoms with Crippen molar-refractivity contribution in [2.45, 2.75) is 0 Å². The number of nitrogens with one attached hydrogen (secondary N) is 1. The first kappa shape index (κ1) is 15.1. The standard InChI is InChI=1S/C13H9Cl2N3O3/c14-7-1-3-9(13(16)17)11(5-7)21-12-6-8(18(19)20)2-4-10(12)15/h1-6H,(H3,16,17). The summed E-state index contributed by atoms with van der Waals surface area (Å²) in [6.45, 7) is 0. The maximum atomic E-state index is 10.8. The van der Waals surface area contributed by atoms with Crippen LogP contribution in [0.1, 0.15) is 5.56 Å². The van der Waals surface area contributed by atoms with Gasteiger partial charge in [0, 0.05) is 17.2 Å². The lowest BCUT2D eigenvalue weighted by Gasteiger charge is -2.11. The lowest BCUT2D eigenvalue weighted by molar-refractivity contribution is -0.384. The number of nitro benzene ring substituents is 1. The van der Waals surface area contributed by atoms with E-state index < -0.39 is 4.92 Å². The molecule has 3 N–H and O–H groups in total. The molecule has 0 saturated carbocycles. The van der Waals surface area contributed by atoms with Gasteiger partial charge in [-0.15, -0.1) is 0 Å². The van der Waals surface area contributed by atoms with Gasteiger partial charge in [0.05, 0.1) is 21.6 Å². The summed E-state index contributed by atoms with van der Waals surface area (Å²) in [6.07, 6.45) is 0. The molecule has 0 bridgehead atoms. The van der Waals surface area contributed by atoms with Crippen molar-refractivity contribution in [2.24, 2.45) is 5.73 Å². The van der Waals surface area contributed by atoms with Gasteiger partial charge >= 0.3 is 0 Å². The van der Waals surface area contributed by atoms with E-state index in [1.807, 2.05) is 0 Å². The van der Waals surface area contributed by atoms with Crippen molar-refractivity contribution < 1.29 is 9.66 Å². The van der Waals surface area contributed by atoms with Crippen LogP contribution in [0.4, 0.5) is 5.69 Å². The lowest BCUT2D eigenvalue weighted by atomic mass is 10.2. The van der Waals surface area contributed by atoms with Crippen LogP contribution in [-0.4, -0.2) is 10.8 Å². The van der Waals surface area contributed by atoms with Gasteiger partial charge in [-0.25, -0.2) is 0 Å². The molecule has 0 aliphatic rings. The van der Waals surface area contributed by atoms with Crippen LogP contribution in [0.25, 0.3) is 0 Å². The Hall–Kier alpha value is -2.31. The number of rotatable bonds is 4. The van der Waals surface area contributed by atoms with E-state index in [9.17, 15) is 10.1 Å². The third-order valence-electron chi connectivity index (χ3n) is 2.58. The molecule has 0 aliphatic heterocycles. The fourth-order valence-electron chi connectivity index (χ4n) is 1.61. The van der Waals surface area contributed by atoms with Crippen LogP contribution in [0.3, 0.4) is 0 Å². The van der Waals surface area contributed by atoms with Crippen molar-refractivity contribution in [2.75, 3.05) is 0 Å². The molecular formula is C13H9Cl2N3O3. The highest BCUT2D eigenvalue weighted by atomic mass is 35.5. The molecule has 0 spiro atoms. The van der Waals surface area contributed by atoms with Crippen molar-refractivity contribution in [1.82, 2.24) is 0 Å². The highest BCUT2D eigenvalue weighted by Gasteiger charge is 2.14. The quantitative estimate of drug-likeness (QED) is 0.384. The second-order valence-electron chi connectivity index (χ2n) is 4.03. The van der Waals surface area contributed by atoms with E-state index in [4.69, 9.17) is 39.1 Å². The summed E-state index contributed by atoms with van der Waals surface area (Å²) in [4.78, 5) is 10.2. The summed E-state index contributed by atoms with van der Waals surface area (Å²) in [5.74, 6) is 0.0521. The number of non-ortho nitro benzene ring substituents is 1. The minimum Gasteiger partial charge on any atom is -0.455 e. The smallest absolute Gasteiger partial charge is 0.273 e. The van der Waals surface area contributed by atoms with E-state index in [2.05, 4.69) is 0 Å². The van der Waals surface area contributed by atoms with Crippen LogP contribution in [0.2, 0.25) is 10.0 Å². The van der Waals surface area contributed by atoms with Gasteiger partial charge in [-0.1, -0.05) is 23.2 Å². The van der Waals surface area contributed by atoms with Crippen LogP contribution < -0.4 is 10.5 Å². The lowest BCUT2D eigenvalue weighted by Crippen LogP contribution is -2.12. The van der Waals surface area contributed by atoms with Gasteiger partial charge in [0.2, 0.25) is 0 Å². The van der Waals surface area contributed by atoms with Gasteiger partial charge in [0.15, 0.2) is 5.75 Å². The number of amidine groups is 1. The SMILES string of the molecule is N=C(N)c1ccc(Cl)cc1Oc1cc([N+](=O)[O-])ccc1Cl. The maximum absolute atomic E-state index is 10.8. The Bertz CT molecular complexity index is 735. The summed E-state index contributed by atoms with van der Waals surface area (Å²) in [5, 5.41) is 18.8. The van der Waals surface area contributed by atoms with E-state index in [1.165, 1.54) is 30.3 Å². The third kappa shape index (κ3) is 3.42. The molecule has 2 aromatic carbocycles. The van der Waals surface area contributed by atoms with Crippen LogP contribution in [0.15, 0.2) is 36.4 Å². The first-order valence-corrected chi connectivity index (χ1v) is 6.40. The number of hydrogen-bond donors (Lipinski definition) is 2. The summed E-state index contributed by atoms with van der Waals surface area (Å²) < 4.78 is 5.53. The molecule has 8 heteroatoms. The van der Waals surface area contributed by atoms with Crippen LogP contribution in [-0.2, 0) is 0 Å². The number of nitrogen functional groups attached to an aromatic ring is 1. The van der Waals surface area contributed by atoms with E-state index in [0.717, 1.165) is 0 Å². The van der Waals surface area contributed by atoms with E-state index in [1.54, 1.807) is 6.07 Å². The van der Waals surface area contributed by atoms with E-state index >= 15 is 0 Å². The zero-order valence-electron chi connectivity index (χ0n) is 10.5. The predicted molar refractivity (Wildman–Crippen MR) is 80.6 cm³/mol. The molecule has 6 nitrogen and oxygen atoms in total. The van der Waals surface area contributed by atoms with Crippen molar-refractivity contribution in [3.8, 4) is 11.5 Å². The molecular weight excluding hydrogens is 317 g/mol. The Kier molecular flexibility index (Phi) is 4.30. The summed E-state index contributed by atoms with van der Waals surface area (Å²) >= 11 is 11.8. The molecule has 21 heavy (non-hydrogen) atoms. The highest BCUT2D eigenvalue weighted by molar-refractivity contribution is 6.32. The predicted octanol–water partition coefficient (Wildman–Crippen LogP) is 3.98. The third-order valence-corrected chi connectivity index (χ3v) is 3.13. The molecule has 2 aromatic rings. The zero-order chi connectivity index (χ0) is 15.6. The van der Waals surface area contributed by atoms with Crippen LogP contribution in [0.5, 0.6) is 11.5 Å². The van der Waals surface area contributed by atoms with Crippen molar-refractivity contribution in [3.05, 3.63) is 62.1 Å². The average Bonchev–Trinajstić information content (AvgIpc) is 2.40. The second kappa shape index (κ2) is 5.99. The molecule has 0 aromatic heterocycles. The number of nitrogens with two attached hydrogens (primary N) is 1. The van der Waals surface area contributed by atoms with Gasteiger partial charge in [-0.05, 0) is 18.2 Å². The Morgan fingerprint density at radius 1 is 1.19 bits per heavy atom. The number of nitro groups is 1. The summed E-state index contributed by atoms with van der Waals surface area (Å²) in [6, 6.07) is 8.33. The Balaban J connectivity index is 2.47. The fraction of sp³-hybridized carbons (Fsp3) is 0. The van der Waals surface area contributed by atoms with Crippen molar-refractivity contribution in [1.29, 1.82) is 5.41 Å². The van der Waals surface area contributed by atoms with Gasteiger partial charge < -0.3 is 10.5 Å². The Labute approximate surface area is 129 Å². The molecule has 0 atom stereocenters. The molecule has 108 valence electrons. The molecule has 0 unspecified atom stereocenters. The average molecular weight is 326 g/mol. The van der Waals surface area contributed by atoms with Crippen LogP contribution in [0, 0.1) is 15.5 Å². The van der Waals surface area contributed by atoms with Crippen LogP contribution >= 0.6 is 23.2 Å². The molecule has 0 amide bonds. The van der Waals surface area contributed by atoms with Gasteiger partial charge in [0.1, 0.15) is 11.6 Å². The van der Waals surface area contributed by atoms with Gasteiger partial charge in [-0.2, -0.15) is 0 Å². The zero-order valence-corrected chi connectivity index (χ0v) is 12.0. The monoisotopic (exact) mass is 325 g/mol. The number of ether oxygens (including phenoxy) is 1. The van der Waals surface area contributed by atoms with Gasteiger partial charge in [0.25, 0.3) is 5.69 Å². The largest absolute Gasteiger partial charge is 0.455 e. The molecule has 0 aliphatic carbocycles. The molecule has 0 saturated heterocycles. The topological polar surface area (TPSA) is 102 Å². The Morgan fingerprint density at radius 3 is 2.52 bits per heavy atom. The number of nitrogens with zero attached hydrogens (tertiary/aromatic N) is 1. The highest BCUT2D eigenvalue weighted by Crippen LogP contribution is 2.35. The first-order chi connectivity index (χ1) is 9.88. The normalized spacial score (nSPS) is 10.2. The minimum absolute atomic E-state index is 0.0793. The fourth-order valence-corrected chi connectivity index (χ4v) is 1.92. The Morgan fingerprint density at radius 2 is 1.90 bits per heavy atom. The molecule has 0 heterocycles. The summed E-state index contributed by atoms with van der Waals surface area (Å²) in [7, 11) is 0. The minimum atomic E-state index is -0.562. The first-order valence-electron chi connectivity index (χ1n) is 5.64.